The lowest BCUT2D eigenvalue weighted by Crippen LogP contribution is -2.31. The van der Waals surface area contributed by atoms with E-state index in [1.165, 1.54) is 0 Å². The zero-order chi connectivity index (χ0) is 14.6. The molecule has 1 fully saturated rings. The third-order valence-electron chi connectivity index (χ3n) is 3.78. The molecule has 1 saturated carbocycles. The first-order chi connectivity index (χ1) is 10.1. The molecule has 2 aliphatic rings. The Morgan fingerprint density at radius 2 is 2.29 bits per heavy atom. The number of aromatic nitrogens is 2. The van der Waals surface area contributed by atoms with E-state index in [1.54, 1.807) is 12.1 Å². The fraction of sp³-hybridized carbons (Fsp3) is 0.214. The highest BCUT2D eigenvalue weighted by Crippen LogP contribution is 2.46. The normalized spacial score (nSPS) is 22.1. The van der Waals surface area contributed by atoms with Crippen LogP contribution in [0.2, 0.25) is 5.28 Å². The Balaban J connectivity index is 1.69. The van der Waals surface area contributed by atoms with E-state index in [-0.39, 0.29) is 23.1 Å². The fourth-order valence-corrected chi connectivity index (χ4v) is 2.80. The van der Waals surface area contributed by atoms with Gasteiger partial charge < -0.3 is 10.6 Å². The average molecular weight is 305 g/mol. The van der Waals surface area contributed by atoms with E-state index in [9.17, 15) is 9.18 Å². The lowest BCUT2D eigenvalue weighted by molar-refractivity contribution is 0.0944. The number of amides is 1. The first-order valence-electron chi connectivity index (χ1n) is 6.51. The Bertz CT molecular complexity index is 767. The number of hydrogen-bond donors (Lipinski definition) is 2. The molecule has 0 bridgehead atoms. The molecule has 106 valence electrons. The van der Waals surface area contributed by atoms with E-state index in [1.807, 2.05) is 6.07 Å². The molecular formula is C14H10ClFN4O. The summed E-state index contributed by atoms with van der Waals surface area (Å²) in [6.45, 7) is 0. The van der Waals surface area contributed by atoms with Crippen molar-refractivity contribution in [2.75, 3.05) is 5.32 Å². The van der Waals surface area contributed by atoms with Crippen LogP contribution < -0.4 is 10.6 Å². The summed E-state index contributed by atoms with van der Waals surface area (Å²) in [5.41, 5.74) is 2.34. The molecule has 1 aliphatic carbocycles. The monoisotopic (exact) mass is 304 g/mol. The van der Waals surface area contributed by atoms with E-state index in [2.05, 4.69) is 20.6 Å². The first kappa shape index (κ1) is 12.5. The zero-order valence-electron chi connectivity index (χ0n) is 10.7. The van der Waals surface area contributed by atoms with E-state index in [0.717, 1.165) is 18.2 Å². The summed E-state index contributed by atoms with van der Waals surface area (Å²) < 4.78 is 13.6. The van der Waals surface area contributed by atoms with Crippen LogP contribution in [0.5, 0.6) is 0 Å². The van der Waals surface area contributed by atoms with Gasteiger partial charge in [-0.2, -0.15) is 4.98 Å². The van der Waals surface area contributed by atoms with Crippen LogP contribution in [0, 0.1) is 5.82 Å². The molecule has 2 atom stereocenters. The van der Waals surface area contributed by atoms with Gasteiger partial charge in [0, 0.05) is 23.2 Å². The second kappa shape index (κ2) is 4.39. The van der Waals surface area contributed by atoms with Crippen molar-refractivity contribution in [3.8, 4) is 0 Å². The van der Waals surface area contributed by atoms with E-state index >= 15 is 0 Å². The maximum absolute atomic E-state index is 13.6. The molecule has 2 unspecified atom stereocenters. The van der Waals surface area contributed by atoms with Gasteiger partial charge in [-0.15, -0.1) is 0 Å². The van der Waals surface area contributed by atoms with Crippen LogP contribution in [-0.4, -0.2) is 21.9 Å². The molecule has 2 aromatic rings. The highest BCUT2D eigenvalue weighted by Gasteiger charge is 2.45. The number of rotatable bonds is 2. The molecule has 4 rings (SSSR count). The molecule has 2 heterocycles. The number of hydrogen-bond acceptors (Lipinski definition) is 4. The van der Waals surface area contributed by atoms with Crippen LogP contribution in [0.15, 0.2) is 24.4 Å². The largest absolute Gasteiger partial charge is 0.349 e. The summed E-state index contributed by atoms with van der Waals surface area (Å²) in [4.78, 5) is 19.2. The second-order valence-electron chi connectivity index (χ2n) is 5.18. The fourth-order valence-electron chi connectivity index (χ4n) is 2.67. The van der Waals surface area contributed by atoms with Gasteiger partial charge in [0.25, 0.3) is 5.91 Å². The van der Waals surface area contributed by atoms with Gasteiger partial charge in [0.2, 0.25) is 5.28 Å². The SMILES string of the molecule is O=C1NC2CC2c2cc(Nc3nc(Cl)ncc3F)ccc21. The molecule has 0 saturated heterocycles. The highest BCUT2D eigenvalue weighted by atomic mass is 35.5. The number of carbonyl (C=O) groups is 1. The molecule has 0 radical (unpaired) electrons. The minimum atomic E-state index is -0.584. The third-order valence-corrected chi connectivity index (χ3v) is 3.96. The van der Waals surface area contributed by atoms with Gasteiger partial charge in [0.1, 0.15) is 0 Å². The predicted octanol–water partition coefficient (Wildman–Crippen LogP) is 2.61. The van der Waals surface area contributed by atoms with Gasteiger partial charge in [0.15, 0.2) is 11.6 Å². The van der Waals surface area contributed by atoms with Crippen LogP contribution in [0.3, 0.4) is 0 Å². The number of nitrogens with one attached hydrogen (secondary N) is 2. The highest BCUT2D eigenvalue weighted by molar-refractivity contribution is 6.28. The quantitative estimate of drug-likeness (QED) is 0.837. The zero-order valence-corrected chi connectivity index (χ0v) is 11.5. The minimum absolute atomic E-state index is 0.0163. The van der Waals surface area contributed by atoms with Crippen molar-refractivity contribution in [3.05, 3.63) is 46.6 Å². The smallest absolute Gasteiger partial charge is 0.251 e. The topological polar surface area (TPSA) is 66.9 Å². The van der Waals surface area contributed by atoms with Crippen molar-refractivity contribution in [2.24, 2.45) is 0 Å². The van der Waals surface area contributed by atoms with E-state index in [4.69, 9.17) is 11.6 Å². The van der Waals surface area contributed by atoms with Gasteiger partial charge in [-0.05, 0) is 41.8 Å². The Morgan fingerprint density at radius 1 is 1.43 bits per heavy atom. The van der Waals surface area contributed by atoms with Gasteiger partial charge in [-0.3, -0.25) is 4.79 Å². The second-order valence-corrected chi connectivity index (χ2v) is 5.52. The molecule has 1 aliphatic heterocycles. The van der Waals surface area contributed by atoms with E-state index in [0.29, 0.717) is 17.2 Å². The van der Waals surface area contributed by atoms with Crippen LogP contribution in [-0.2, 0) is 0 Å². The Kier molecular flexibility index (Phi) is 2.62. The molecular weight excluding hydrogens is 295 g/mol. The Morgan fingerprint density at radius 3 is 3.14 bits per heavy atom. The molecule has 7 heteroatoms. The number of benzene rings is 1. The standard InChI is InChI=1S/C14H10ClFN4O/c15-14-17-5-10(16)12(20-14)18-6-1-2-7-8(3-6)9-4-11(9)19-13(7)21/h1-3,5,9,11H,4H2,(H,19,21)(H,17,18,20). The number of anilines is 2. The first-order valence-corrected chi connectivity index (χ1v) is 6.89. The number of nitrogens with zero attached hydrogens (tertiary/aromatic N) is 2. The van der Waals surface area contributed by atoms with Crippen LogP contribution in [0.4, 0.5) is 15.9 Å². The van der Waals surface area contributed by atoms with Crippen molar-refractivity contribution in [1.82, 2.24) is 15.3 Å². The Hall–Kier alpha value is -2.21. The number of carbonyl (C=O) groups excluding carboxylic acids is 1. The molecule has 0 spiro atoms. The van der Waals surface area contributed by atoms with Crippen molar-refractivity contribution >= 4 is 29.0 Å². The van der Waals surface area contributed by atoms with Crippen LogP contribution in [0.25, 0.3) is 0 Å². The van der Waals surface area contributed by atoms with Gasteiger partial charge in [-0.1, -0.05) is 0 Å². The van der Waals surface area contributed by atoms with Crippen molar-refractivity contribution in [1.29, 1.82) is 0 Å². The molecule has 21 heavy (non-hydrogen) atoms. The summed E-state index contributed by atoms with van der Waals surface area (Å²) >= 11 is 5.67. The molecule has 1 amide bonds. The summed E-state index contributed by atoms with van der Waals surface area (Å²) in [7, 11) is 0. The number of halogens is 2. The van der Waals surface area contributed by atoms with Crippen molar-refractivity contribution in [2.45, 2.75) is 18.4 Å². The van der Waals surface area contributed by atoms with Gasteiger partial charge >= 0.3 is 0 Å². The molecule has 5 nitrogen and oxygen atoms in total. The summed E-state index contributed by atoms with van der Waals surface area (Å²) in [6, 6.07) is 5.57. The third kappa shape index (κ3) is 2.12. The van der Waals surface area contributed by atoms with Gasteiger partial charge in [-0.25, -0.2) is 9.37 Å². The lowest BCUT2D eigenvalue weighted by Gasteiger charge is -2.17. The molecule has 1 aromatic heterocycles. The maximum Gasteiger partial charge on any atom is 0.251 e. The minimum Gasteiger partial charge on any atom is -0.349 e. The van der Waals surface area contributed by atoms with Crippen molar-refractivity contribution < 1.29 is 9.18 Å². The van der Waals surface area contributed by atoms with E-state index < -0.39 is 5.82 Å². The summed E-state index contributed by atoms with van der Waals surface area (Å²) in [6.07, 6.45) is 1.97. The Labute approximate surface area is 124 Å². The lowest BCUT2D eigenvalue weighted by atomic mass is 9.99. The molecule has 1 aromatic carbocycles. The van der Waals surface area contributed by atoms with Gasteiger partial charge in [0.05, 0.1) is 6.20 Å². The molecule has 2 N–H and O–H groups in total. The van der Waals surface area contributed by atoms with Crippen LogP contribution in [0.1, 0.15) is 28.3 Å². The average Bonchev–Trinajstić information content (AvgIpc) is 3.22. The number of fused-ring (bicyclic) bond motifs is 3. The van der Waals surface area contributed by atoms with Crippen LogP contribution >= 0.6 is 11.6 Å². The summed E-state index contributed by atoms with van der Waals surface area (Å²) in [5.74, 6) is -0.258. The van der Waals surface area contributed by atoms with Crippen molar-refractivity contribution in [3.63, 3.8) is 0 Å². The maximum atomic E-state index is 13.6. The predicted molar refractivity (Wildman–Crippen MR) is 75.3 cm³/mol. The summed E-state index contributed by atoms with van der Waals surface area (Å²) in [5, 5.41) is 5.78.